The number of aliphatic hydroxyl groups is 1. The molecule has 0 aromatic carbocycles. The van der Waals surface area contributed by atoms with Gasteiger partial charge in [-0.2, -0.15) is 0 Å². The molecule has 0 saturated heterocycles. The molecule has 0 bridgehead atoms. The minimum atomic E-state index is -4.97. The first-order valence-corrected chi connectivity index (χ1v) is 46.9. The van der Waals surface area contributed by atoms with Crippen molar-refractivity contribution in [2.75, 3.05) is 39.6 Å². The van der Waals surface area contributed by atoms with E-state index in [1.165, 1.54) is 257 Å². The van der Waals surface area contributed by atoms with Crippen molar-refractivity contribution < 1.29 is 80.2 Å². The monoisotopic (exact) mass is 1520 g/mol. The van der Waals surface area contributed by atoms with Crippen LogP contribution in [0.1, 0.15) is 447 Å². The van der Waals surface area contributed by atoms with E-state index in [0.29, 0.717) is 25.7 Å². The molecule has 0 radical (unpaired) electrons. The van der Waals surface area contributed by atoms with E-state index in [9.17, 15) is 43.2 Å². The Morgan fingerprint density at radius 1 is 0.279 bits per heavy atom. The summed E-state index contributed by atoms with van der Waals surface area (Å²) in [4.78, 5) is 73.2. The Bertz CT molecular complexity index is 2010. The number of hydrogen-bond acceptors (Lipinski definition) is 15. The largest absolute Gasteiger partial charge is 0.472 e. The number of esters is 4. The molecule has 3 N–H and O–H groups in total. The number of phosphoric ester groups is 2. The van der Waals surface area contributed by atoms with Crippen LogP contribution in [-0.2, 0) is 65.4 Å². The first-order chi connectivity index (χ1) is 50.3. The van der Waals surface area contributed by atoms with E-state index in [-0.39, 0.29) is 25.7 Å². The molecule has 3 unspecified atom stereocenters. The summed E-state index contributed by atoms with van der Waals surface area (Å²) in [5.74, 6) is 0.307. The lowest BCUT2D eigenvalue weighted by molar-refractivity contribution is -0.161. The predicted molar refractivity (Wildman–Crippen MR) is 428 cm³/mol. The van der Waals surface area contributed by atoms with Crippen molar-refractivity contribution in [2.45, 2.75) is 465 Å². The summed E-state index contributed by atoms with van der Waals surface area (Å²) < 4.78 is 68.9. The summed E-state index contributed by atoms with van der Waals surface area (Å²) in [6.45, 7) is 12.0. The maximum absolute atomic E-state index is 13.1. The molecule has 0 saturated carbocycles. The van der Waals surface area contributed by atoms with E-state index in [1.807, 2.05) is 0 Å². The number of carbonyl (C=O) groups excluding carboxylic acids is 4. The van der Waals surface area contributed by atoms with Crippen molar-refractivity contribution >= 4 is 39.5 Å². The average Bonchev–Trinajstić information content (AvgIpc) is 0.913. The molecule has 0 aromatic rings. The maximum Gasteiger partial charge on any atom is 0.472 e. The standard InChI is InChI=1S/C85H166O17P2/c1-8-10-11-12-13-14-15-16-24-31-40-47-54-61-68-84(89)102-81(73-96-83(88)67-60-53-46-39-34-33-36-43-50-57-64-77(5)6)75-100-104(93,94)98-71-79(86)70-97-103(91,92)99-74-80(72-95-82(87)66-59-52-45-38-30-27-26-28-35-42-49-56-63-76(3)4)101-85(90)69-62-55-48-41-32-25-22-20-18-17-19-21-23-29-37-44-51-58-65-78(7)9-2/h76-81,86H,8-75H2,1-7H3,(H,91,92)(H,93,94)/t78?,79-,80-,81-/m1/s1. The molecule has 618 valence electrons. The van der Waals surface area contributed by atoms with Gasteiger partial charge in [-0.25, -0.2) is 9.13 Å². The predicted octanol–water partition coefficient (Wildman–Crippen LogP) is 25.7. The molecule has 0 aromatic heterocycles. The number of aliphatic hydroxyl groups excluding tert-OH is 1. The van der Waals surface area contributed by atoms with Gasteiger partial charge in [0.1, 0.15) is 19.3 Å². The van der Waals surface area contributed by atoms with Gasteiger partial charge in [0, 0.05) is 25.7 Å². The SMILES string of the molecule is CCCCCCCCCCCCCCCCC(=O)O[C@H](COC(=O)CCCCCCCCCCCCC(C)C)COP(=O)(O)OC[C@H](O)COP(=O)(O)OC[C@@H](COC(=O)CCCCCCCCCCCCCCC(C)C)OC(=O)CCCCCCCCCCCCCCCCCCCCC(C)CC. The maximum atomic E-state index is 13.1. The van der Waals surface area contributed by atoms with E-state index in [4.69, 9.17) is 37.0 Å². The lowest BCUT2D eigenvalue weighted by Crippen LogP contribution is -2.30. The number of phosphoric acid groups is 2. The van der Waals surface area contributed by atoms with Gasteiger partial charge in [0.05, 0.1) is 26.4 Å². The van der Waals surface area contributed by atoms with Gasteiger partial charge in [-0.1, -0.05) is 395 Å². The highest BCUT2D eigenvalue weighted by Gasteiger charge is 2.30. The third-order valence-corrected chi connectivity index (χ3v) is 22.1. The molecule has 104 heavy (non-hydrogen) atoms. The number of rotatable bonds is 83. The number of ether oxygens (including phenoxy) is 4. The zero-order valence-electron chi connectivity index (χ0n) is 68.5. The first-order valence-electron chi connectivity index (χ1n) is 43.9. The molecule has 17 nitrogen and oxygen atoms in total. The molecule has 0 rings (SSSR count). The van der Waals surface area contributed by atoms with Gasteiger partial charge in [0.2, 0.25) is 0 Å². The van der Waals surface area contributed by atoms with E-state index in [0.717, 1.165) is 108 Å². The molecule has 0 aliphatic carbocycles. The minimum Gasteiger partial charge on any atom is -0.462 e. The Hall–Kier alpha value is -1.94. The Morgan fingerprint density at radius 3 is 0.731 bits per heavy atom. The zero-order chi connectivity index (χ0) is 76.5. The third-order valence-electron chi connectivity index (χ3n) is 20.2. The lowest BCUT2D eigenvalue weighted by atomic mass is 9.99. The lowest BCUT2D eigenvalue weighted by Gasteiger charge is -2.21. The highest BCUT2D eigenvalue weighted by molar-refractivity contribution is 7.47. The molecule has 0 aliphatic rings. The molecule has 0 fully saturated rings. The number of unbranched alkanes of at least 4 members (excludes halogenated alkanes) is 50. The minimum absolute atomic E-state index is 0.108. The van der Waals surface area contributed by atoms with Crippen molar-refractivity contribution in [3.8, 4) is 0 Å². The summed E-state index contributed by atoms with van der Waals surface area (Å²) in [7, 11) is -9.93. The summed E-state index contributed by atoms with van der Waals surface area (Å²) in [5.41, 5.74) is 0. The van der Waals surface area contributed by atoms with Gasteiger partial charge < -0.3 is 33.8 Å². The van der Waals surface area contributed by atoms with Crippen LogP contribution in [0, 0.1) is 17.8 Å². The second-order valence-corrected chi connectivity index (χ2v) is 34.7. The molecule has 0 spiro atoms. The van der Waals surface area contributed by atoms with Gasteiger partial charge in [0.25, 0.3) is 0 Å². The van der Waals surface area contributed by atoms with Crippen LogP contribution in [0.2, 0.25) is 0 Å². The van der Waals surface area contributed by atoms with Crippen molar-refractivity contribution in [3.05, 3.63) is 0 Å². The van der Waals surface area contributed by atoms with E-state index < -0.39 is 97.5 Å². The van der Waals surface area contributed by atoms with Gasteiger partial charge >= 0.3 is 39.5 Å². The number of carbonyl (C=O) groups is 4. The fourth-order valence-electron chi connectivity index (χ4n) is 13.2. The van der Waals surface area contributed by atoms with Crippen molar-refractivity contribution in [1.82, 2.24) is 0 Å². The van der Waals surface area contributed by atoms with Crippen LogP contribution in [0.25, 0.3) is 0 Å². The first kappa shape index (κ1) is 102. The van der Waals surface area contributed by atoms with Crippen LogP contribution in [0.3, 0.4) is 0 Å². The van der Waals surface area contributed by atoms with Crippen LogP contribution < -0.4 is 0 Å². The Morgan fingerprint density at radius 2 is 0.490 bits per heavy atom. The Balaban J connectivity index is 5.24. The highest BCUT2D eigenvalue weighted by Crippen LogP contribution is 2.45. The van der Waals surface area contributed by atoms with Crippen molar-refractivity contribution in [3.63, 3.8) is 0 Å². The Kier molecular flexibility index (Phi) is 73.7. The van der Waals surface area contributed by atoms with Gasteiger partial charge in [-0.15, -0.1) is 0 Å². The zero-order valence-corrected chi connectivity index (χ0v) is 70.3. The second-order valence-electron chi connectivity index (χ2n) is 31.8. The number of hydrogen-bond donors (Lipinski definition) is 3. The van der Waals surface area contributed by atoms with Crippen LogP contribution in [-0.4, -0.2) is 96.7 Å². The average molecular weight is 1520 g/mol. The summed E-state index contributed by atoms with van der Waals surface area (Å²) in [6, 6.07) is 0. The quantitative estimate of drug-likeness (QED) is 0.0222. The van der Waals surface area contributed by atoms with Crippen LogP contribution in [0.5, 0.6) is 0 Å². The molecule has 0 heterocycles. The smallest absolute Gasteiger partial charge is 0.462 e. The van der Waals surface area contributed by atoms with Crippen LogP contribution in [0.4, 0.5) is 0 Å². The fourth-order valence-corrected chi connectivity index (χ4v) is 14.7. The molecular weight excluding hydrogens is 1350 g/mol. The normalized spacial score (nSPS) is 14.2. The summed E-state index contributed by atoms with van der Waals surface area (Å²) >= 11 is 0. The molecule has 19 heteroatoms. The Labute approximate surface area is 638 Å². The van der Waals surface area contributed by atoms with E-state index in [1.54, 1.807) is 0 Å². The summed E-state index contributed by atoms with van der Waals surface area (Å²) in [5, 5.41) is 10.7. The molecule has 6 atom stereocenters. The van der Waals surface area contributed by atoms with Gasteiger partial charge in [-0.3, -0.25) is 37.3 Å². The second kappa shape index (κ2) is 75.1. The van der Waals surface area contributed by atoms with Crippen molar-refractivity contribution in [2.24, 2.45) is 17.8 Å². The van der Waals surface area contributed by atoms with Crippen LogP contribution in [0.15, 0.2) is 0 Å². The molecular formula is C85H166O17P2. The van der Waals surface area contributed by atoms with Crippen molar-refractivity contribution in [1.29, 1.82) is 0 Å². The van der Waals surface area contributed by atoms with Crippen LogP contribution >= 0.6 is 15.6 Å². The van der Waals surface area contributed by atoms with Gasteiger partial charge in [0.15, 0.2) is 12.2 Å². The van der Waals surface area contributed by atoms with E-state index in [2.05, 4.69) is 48.5 Å². The van der Waals surface area contributed by atoms with Gasteiger partial charge in [-0.05, 0) is 43.4 Å². The third kappa shape index (κ3) is 76.8. The molecule has 0 aliphatic heterocycles. The topological polar surface area (TPSA) is 237 Å². The molecule has 0 amide bonds. The summed E-state index contributed by atoms with van der Waals surface area (Å²) in [6.07, 6.45) is 65.1. The highest BCUT2D eigenvalue weighted by atomic mass is 31.2. The fraction of sp³-hybridized carbons (Fsp3) is 0.953. The van der Waals surface area contributed by atoms with E-state index >= 15 is 0 Å².